The number of nitrogens with one attached hydrogen (secondary N) is 1. The maximum Gasteiger partial charge on any atom is 0.193 e. The first-order chi connectivity index (χ1) is 14.1. The molecule has 29 heavy (non-hydrogen) atoms. The number of likely N-dealkylation sites (tertiary alicyclic amines) is 1. The SMILES string of the molecule is COc1ccc(OC)c(NC(N)=NCc2ccccc2CN2CCCC(C)C2)c1. The number of nitrogens with two attached hydrogens (primary N) is 1. The van der Waals surface area contributed by atoms with Gasteiger partial charge in [-0.05, 0) is 48.6 Å². The highest BCUT2D eigenvalue weighted by atomic mass is 16.5. The van der Waals surface area contributed by atoms with Gasteiger partial charge in [-0.2, -0.15) is 0 Å². The Balaban J connectivity index is 1.68. The molecule has 156 valence electrons. The number of hydrogen-bond acceptors (Lipinski definition) is 4. The van der Waals surface area contributed by atoms with Crippen LogP contribution >= 0.6 is 0 Å². The summed E-state index contributed by atoms with van der Waals surface area (Å²) >= 11 is 0. The van der Waals surface area contributed by atoms with Gasteiger partial charge in [0.1, 0.15) is 11.5 Å². The smallest absolute Gasteiger partial charge is 0.193 e. The van der Waals surface area contributed by atoms with Crippen LogP contribution in [0.5, 0.6) is 11.5 Å². The van der Waals surface area contributed by atoms with Crippen molar-refractivity contribution in [3.63, 3.8) is 0 Å². The van der Waals surface area contributed by atoms with Crippen molar-refractivity contribution in [2.45, 2.75) is 32.9 Å². The van der Waals surface area contributed by atoms with Gasteiger partial charge < -0.3 is 20.5 Å². The Morgan fingerprint density at radius 3 is 2.69 bits per heavy atom. The standard InChI is InChI=1S/C23H32N4O2/c1-17-7-6-12-27(15-17)16-19-9-5-4-8-18(19)14-25-23(24)26-21-13-20(28-2)10-11-22(21)29-3/h4-5,8-11,13,17H,6-7,12,14-16H2,1-3H3,(H3,24,25,26). The molecule has 2 aromatic rings. The molecule has 3 N–H and O–H groups in total. The third-order valence-electron chi connectivity index (χ3n) is 5.34. The van der Waals surface area contributed by atoms with Crippen LogP contribution in [0, 0.1) is 5.92 Å². The van der Waals surface area contributed by atoms with Crippen LogP contribution in [0.2, 0.25) is 0 Å². The van der Waals surface area contributed by atoms with E-state index >= 15 is 0 Å². The molecule has 1 heterocycles. The first-order valence-electron chi connectivity index (χ1n) is 10.2. The summed E-state index contributed by atoms with van der Waals surface area (Å²) in [6.45, 7) is 6.16. The fourth-order valence-electron chi connectivity index (χ4n) is 3.80. The van der Waals surface area contributed by atoms with Gasteiger partial charge in [-0.15, -0.1) is 0 Å². The molecule has 1 fully saturated rings. The minimum Gasteiger partial charge on any atom is -0.497 e. The number of anilines is 1. The second-order valence-electron chi connectivity index (χ2n) is 7.64. The summed E-state index contributed by atoms with van der Waals surface area (Å²) < 4.78 is 10.7. The molecule has 1 aliphatic heterocycles. The lowest BCUT2D eigenvalue weighted by molar-refractivity contribution is 0.176. The van der Waals surface area contributed by atoms with E-state index in [-0.39, 0.29) is 0 Å². The number of nitrogens with zero attached hydrogens (tertiary/aromatic N) is 2. The van der Waals surface area contributed by atoms with Crippen LogP contribution in [-0.4, -0.2) is 38.2 Å². The summed E-state index contributed by atoms with van der Waals surface area (Å²) in [6, 6.07) is 14.0. The highest BCUT2D eigenvalue weighted by Gasteiger charge is 2.17. The summed E-state index contributed by atoms with van der Waals surface area (Å²) in [5, 5.41) is 3.13. The summed E-state index contributed by atoms with van der Waals surface area (Å²) in [5.41, 5.74) is 9.40. The normalized spacial score (nSPS) is 17.8. The zero-order valence-corrected chi connectivity index (χ0v) is 17.6. The van der Waals surface area contributed by atoms with Crippen molar-refractivity contribution in [1.29, 1.82) is 0 Å². The maximum absolute atomic E-state index is 6.15. The topological polar surface area (TPSA) is 72.1 Å². The third kappa shape index (κ3) is 5.87. The summed E-state index contributed by atoms with van der Waals surface area (Å²) in [5.74, 6) is 2.52. The number of hydrogen-bond donors (Lipinski definition) is 2. The van der Waals surface area contributed by atoms with Crippen molar-refractivity contribution in [1.82, 2.24) is 4.90 Å². The predicted octanol–water partition coefficient (Wildman–Crippen LogP) is 3.86. The lowest BCUT2D eigenvalue weighted by atomic mass is 9.99. The Bertz CT molecular complexity index is 837. The van der Waals surface area contributed by atoms with Crippen molar-refractivity contribution in [3.05, 3.63) is 53.6 Å². The second kappa shape index (κ2) is 10.2. The van der Waals surface area contributed by atoms with E-state index in [1.54, 1.807) is 14.2 Å². The first-order valence-corrected chi connectivity index (χ1v) is 10.2. The average molecular weight is 397 g/mol. The Kier molecular flexibility index (Phi) is 7.36. The molecule has 3 rings (SSSR count). The van der Waals surface area contributed by atoms with Gasteiger partial charge in [-0.3, -0.25) is 4.90 Å². The van der Waals surface area contributed by atoms with Crippen molar-refractivity contribution in [3.8, 4) is 11.5 Å². The Morgan fingerprint density at radius 1 is 1.17 bits per heavy atom. The van der Waals surface area contributed by atoms with Crippen LogP contribution < -0.4 is 20.5 Å². The highest BCUT2D eigenvalue weighted by molar-refractivity contribution is 5.94. The van der Waals surface area contributed by atoms with Gasteiger partial charge in [-0.25, -0.2) is 4.99 Å². The largest absolute Gasteiger partial charge is 0.497 e. The number of ether oxygens (including phenoxy) is 2. The van der Waals surface area contributed by atoms with E-state index in [4.69, 9.17) is 15.2 Å². The minimum atomic E-state index is 0.345. The van der Waals surface area contributed by atoms with Crippen LogP contribution in [-0.2, 0) is 13.1 Å². The number of benzene rings is 2. The molecule has 2 aromatic carbocycles. The molecule has 1 aliphatic rings. The van der Waals surface area contributed by atoms with E-state index in [2.05, 4.69) is 46.4 Å². The van der Waals surface area contributed by atoms with E-state index in [0.717, 1.165) is 30.4 Å². The van der Waals surface area contributed by atoms with E-state index < -0.39 is 0 Å². The average Bonchev–Trinajstić information content (AvgIpc) is 2.73. The fourth-order valence-corrected chi connectivity index (χ4v) is 3.80. The summed E-state index contributed by atoms with van der Waals surface area (Å²) in [6.07, 6.45) is 2.61. The van der Waals surface area contributed by atoms with Gasteiger partial charge in [0, 0.05) is 19.2 Å². The molecule has 0 spiro atoms. The maximum atomic E-state index is 6.15. The number of aliphatic imine (C=N–C) groups is 1. The second-order valence-corrected chi connectivity index (χ2v) is 7.64. The van der Waals surface area contributed by atoms with Crippen molar-refractivity contribution in [2.24, 2.45) is 16.6 Å². The van der Waals surface area contributed by atoms with Gasteiger partial charge in [0.05, 0.1) is 26.5 Å². The van der Waals surface area contributed by atoms with Gasteiger partial charge in [0.2, 0.25) is 0 Å². The van der Waals surface area contributed by atoms with E-state index in [1.165, 1.54) is 30.5 Å². The van der Waals surface area contributed by atoms with Crippen LogP contribution in [0.15, 0.2) is 47.5 Å². The van der Waals surface area contributed by atoms with Gasteiger partial charge in [0.15, 0.2) is 5.96 Å². The molecule has 1 unspecified atom stereocenters. The summed E-state index contributed by atoms with van der Waals surface area (Å²) in [7, 11) is 3.25. The molecule has 1 saturated heterocycles. The van der Waals surface area contributed by atoms with Gasteiger partial charge >= 0.3 is 0 Å². The quantitative estimate of drug-likeness (QED) is 0.549. The zero-order valence-electron chi connectivity index (χ0n) is 17.6. The van der Waals surface area contributed by atoms with Crippen LogP contribution in [0.1, 0.15) is 30.9 Å². The Hall–Kier alpha value is -2.73. The van der Waals surface area contributed by atoms with Crippen LogP contribution in [0.3, 0.4) is 0 Å². The molecule has 0 amide bonds. The number of methoxy groups -OCH3 is 2. The van der Waals surface area contributed by atoms with Crippen LogP contribution in [0.25, 0.3) is 0 Å². The zero-order chi connectivity index (χ0) is 20.6. The minimum absolute atomic E-state index is 0.345. The highest BCUT2D eigenvalue weighted by Crippen LogP contribution is 2.28. The number of piperidine rings is 1. The molecule has 6 nitrogen and oxygen atoms in total. The molecule has 0 aliphatic carbocycles. The van der Waals surface area contributed by atoms with E-state index in [9.17, 15) is 0 Å². The third-order valence-corrected chi connectivity index (χ3v) is 5.34. The van der Waals surface area contributed by atoms with Crippen molar-refractivity contribution < 1.29 is 9.47 Å². The van der Waals surface area contributed by atoms with Gasteiger partial charge in [0.25, 0.3) is 0 Å². The lowest BCUT2D eigenvalue weighted by Crippen LogP contribution is -2.34. The molecule has 0 aromatic heterocycles. The van der Waals surface area contributed by atoms with Crippen molar-refractivity contribution in [2.75, 3.05) is 32.6 Å². The first kappa shape index (κ1) is 21.0. The number of rotatable bonds is 7. The van der Waals surface area contributed by atoms with E-state index in [1.807, 2.05) is 18.2 Å². The molecule has 0 bridgehead atoms. The molecular weight excluding hydrogens is 364 g/mol. The fraction of sp³-hybridized carbons (Fsp3) is 0.435. The molecular formula is C23H32N4O2. The lowest BCUT2D eigenvalue weighted by Gasteiger charge is -2.31. The predicted molar refractivity (Wildman–Crippen MR) is 119 cm³/mol. The molecule has 1 atom stereocenters. The van der Waals surface area contributed by atoms with E-state index in [0.29, 0.717) is 18.3 Å². The monoisotopic (exact) mass is 396 g/mol. The molecule has 0 saturated carbocycles. The van der Waals surface area contributed by atoms with Crippen molar-refractivity contribution >= 4 is 11.6 Å². The summed E-state index contributed by atoms with van der Waals surface area (Å²) in [4.78, 5) is 7.10. The van der Waals surface area contributed by atoms with Gasteiger partial charge in [-0.1, -0.05) is 31.2 Å². The number of guanidine groups is 1. The Morgan fingerprint density at radius 2 is 1.97 bits per heavy atom. The Labute approximate surface area is 173 Å². The molecule has 0 radical (unpaired) electrons. The molecule has 6 heteroatoms. The van der Waals surface area contributed by atoms with Crippen LogP contribution in [0.4, 0.5) is 5.69 Å².